The summed E-state index contributed by atoms with van der Waals surface area (Å²) in [6, 6.07) is 12.2. The predicted octanol–water partition coefficient (Wildman–Crippen LogP) is 1.36. The van der Waals surface area contributed by atoms with Gasteiger partial charge in [0.1, 0.15) is 0 Å². The van der Waals surface area contributed by atoms with E-state index in [4.69, 9.17) is 4.74 Å². The number of rotatable bonds is 4. The SMILES string of the molecule is B=C1Nc2ccc(C(=O)NCc3ccc([S+]([O-])S)cc3)cc2O1. The van der Waals surface area contributed by atoms with Crippen molar-refractivity contribution in [2.45, 2.75) is 11.4 Å². The Morgan fingerprint density at radius 2 is 2.04 bits per heavy atom. The van der Waals surface area contributed by atoms with Gasteiger partial charge in [-0.2, -0.15) is 0 Å². The van der Waals surface area contributed by atoms with Crippen molar-refractivity contribution in [3.8, 4) is 5.75 Å². The molecule has 5 nitrogen and oxygen atoms in total. The van der Waals surface area contributed by atoms with E-state index in [-0.39, 0.29) is 5.91 Å². The van der Waals surface area contributed by atoms with Crippen molar-refractivity contribution in [2.75, 3.05) is 5.32 Å². The van der Waals surface area contributed by atoms with E-state index in [1.165, 1.54) is 0 Å². The van der Waals surface area contributed by atoms with Crippen molar-refractivity contribution in [3.63, 3.8) is 0 Å². The average molecular weight is 344 g/mol. The molecular weight excluding hydrogens is 331 g/mol. The summed E-state index contributed by atoms with van der Waals surface area (Å²) >= 11 is 3.87. The van der Waals surface area contributed by atoms with E-state index in [2.05, 4.69) is 29.8 Å². The number of thiol groups is 1. The fraction of sp³-hybridized carbons (Fsp3) is 0.0667. The van der Waals surface area contributed by atoms with Crippen molar-refractivity contribution in [1.29, 1.82) is 0 Å². The predicted molar refractivity (Wildman–Crippen MR) is 95.9 cm³/mol. The monoisotopic (exact) mass is 344 g/mol. The molecule has 1 aliphatic heterocycles. The van der Waals surface area contributed by atoms with Gasteiger partial charge >= 0.3 is 116 Å². The third-order valence-corrected chi connectivity index (χ3v) is 4.64. The van der Waals surface area contributed by atoms with Crippen molar-refractivity contribution in [2.24, 2.45) is 0 Å². The maximum absolute atomic E-state index is 12.2. The molecule has 0 saturated heterocycles. The van der Waals surface area contributed by atoms with Gasteiger partial charge in [0, 0.05) is 0 Å². The summed E-state index contributed by atoms with van der Waals surface area (Å²) in [7, 11) is 2.38. The molecule has 0 bridgehead atoms. The van der Waals surface area contributed by atoms with Gasteiger partial charge in [0.05, 0.1) is 21.9 Å². The zero-order valence-electron chi connectivity index (χ0n) is 12.0. The number of anilines is 1. The first-order valence-electron chi connectivity index (χ1n) is 6.79. The van der Waals surface area contributed by atoms with Gasteiger partial charge in [-0.15, -0.1) is 0 Å². The van der Waals surface area contributed by atoms with Crippen LogP contribution in [0.3, 0.4) is 0 Å². The van der Waals surface area contributed by atoms with Crippen LogP contribution >= 0.6 is 11.7 Å². The summed E-state index contributed by atoms with van der Waals surface area (Å²) < 4.78 is 16.6. The number of hydrogen-bond acceptors (Lipinski definition) is 5. The maximum atomic E-state index is 12.2. The zero-order valence-corrected chi connectivity index (χ0v) is 13.7. The van der Waals surface area contributed by atoms with E-state index >= 15 is 0 Å². The molecule has 8 heteroatoms. The van der Waals surface area contributed by atoms with Gasteiger partial charge in [-0.05, 0) is 0 Å². The average Bonchev–Trinajstić information content (AvgIpc) is 2.92. The first kappa shape index (κ1) is 16.0. The Morgan fingerprint density at radius 1 is 1.30 bits per heavy atom. The molecule has 0 aliphatic carbocycles. The quantitative estimate of drug-likeness (QED) is 0.339. The molecule has 0 aromatic heterocycles. The van der Waals surface area contributed by atoms with Gasteiger partial charge in [-0.3, -0.25) is 0 Å². The van der Waals surface area contributed by atoms with E-state index in [0.717, 1.165) is 11.3 Å². The number of benzene rings is 2. The molecule has 1 heterocycles. The molecule has 23 heavy (non-hydrogen) atoms. The van der Waals surface area contributed by atoms with Crippen LogP contribution in [-0.2, 0) is 16.8 Å². The van der Waals surface area contributed by atoms with Crippen LogP contribution in [-0.4, -0.2) is 23.7 Å². The van der Waals surface area contributed by atoms with Gasteiger partial charge in [0.2, 0.25) is 0 Å². The Bertz CT molecular complexity index is 766. The Labute approximate surface area is 142 Å². The molecular formula is C15H13BN2O3S2. The van der Waals surface area contributed by atoms with Crippen molar-refractivity contribution in [3.05, 3.63) is 53.6 Å². The Kier molecular flexibility index (Phi) is 4.65. The van der Waals surface area contributed by atoms with Crippen LogP contribution in [0.5, 0.6) is 5.75 Å². The first-order valence-corrected chi connectivity index (χ1v) is 8.99. The second-order valence-electron chi connectivity index (χ2n) is 4.94. The molecule has 2 aromatic carbocycles. The molecule has 0 spiro atoms. The standard InChI is InChI=1S/C15H13BN2O3S2/c16-15-18-12-6-3-10(7-13(12)21-15)14(19)17-8-9-1-4-11(5-2-9)23(20)22/h1-7,16,18H,8H2,(H,17,19)(H,20,22). The summed E-state index contributed by atoms with van der Waals surface area (Å²) in [5.74, 6) is 0.832. The summed E-state index contributed by atoms with van der Waals surface area (Å²) in [5.41, 5.74) is 2.21. The van der Waals surface area contributed by atoms with Crippen LogP contribution in [0.15, 0.2) is 47.4 Å². The summed E-state index contributed by atoms with van der Waals surface area (Å²) in [6.45, 7) is 0.376. The number of hydrogen-bond donors (Lipinski definition) is 3. The zero-order chi connectivity index (χ0) is 16.4. The molecule has 1 aliphatic rings. The van der Waals surface area contributed by atoms with Gasteiger partial charge in [-0.25, -0.2) is 0 Å². The van der Waals surface area contributed by atoms with E-state index in [1.54, 1.807) is 30.3 Å². The number of carbonyl (C=O) groups excluding carboxylic acids is 1. The molecule has 1 amide bonds. The molecule has 116 valence electrons. The van der Waals surface area contributed by atoms with Crippen LogP contribution in [0.4, 0.5) is 5.69 Å². The number of amides is 1. The fourth-order valence-electron chi connectivity index (χ4n) is 2.17. The Hall–Kier alpha value is -1.90. The van der Waals surface area contributed by atoms with E-state index in [9.17, 15) is 9.35 Å². The molecule has 2 N–H and O–H groups in total. The van der Waals surface area contributed by atoms with Crippen LogP contribution in [0.1, 0.15) is 15.9 Å². The molecule has 0 saturated carbocycles. The number of ether oxygens (including phenoxy) is 1. The molecule has 0 fully saturated rings. The van der Waals surface area contributed by atoms with Crippen LogP contribution in [0.2, 0.25) is 0 Å². The normalized spacial score (nSPS) is 13.7. The van der Waals surface area contributed by atoms with Gasteiger partial charge in [0.15, 0.2) is 0 Å². The van der Waals surface area contributed by atoms with E-state index in [1.807, 2.05) is 12.1 Å². The third-order valence-electron chi connectivity index (χ3n) is 3.33. The fourth-order valence-corrected chi connectivity index (χ4v) is 2.90. The van der Waals surface area contributed by atoms with Gasteiger partial charge < -0.3 is 4.55 Å². The van der Waals surface area contributed by atoms with E-state index in [0.29, 0.717) is 28.5 Å². The number of fused-ring (bicyclic) bond motifs is 1. The molecule has 1 unspecified atom stereocenters. The van der Waals surface area contributed by atoms with Crippen molar-refractivity contribution >= 4 is 46.7 Å². The van der Waals surface area contributed by atoms with Crippen molar-refractivity contribution in [1.82, 2.24) is 5.32 Å². The second kappa shape index (κ2) is 6.70. The Balaban J connectivity index is 1.63. The molecule has 1 atom stereocenters. The van der Waals surface area contributed by atoms with Crippen molar-refractivity contribution < 1.29 is 14.1 Å². The van der Waals surface area contributed by atoms with Gasteiger partial charge in [0.25, 0.3) is 0 Å². The van der Waals surface area contributed by atoms with E-state index < -0.39 is 10.2 Å². The van der Waals surface area contributed by atoms with Crippen LogP contribution in [0.25, 0.3) is 0 Å². The minimum atomic E-state index is -1.30. The van der Waals surface area contributed by atoms with Crippen LogP contribution in [0, 0.1) is 0 Å². The Morgan fingerprint density at radius 3 is 2.74 bits per heavy atom. The topological polar surface area (TPSA) is 73.4 Å². The van der Waals surface area contributed by atoms with Crippen LogP contribution < -0.4 is 15.4 Å². The molecule has 0 radical (unpaired) electrons. The molecule has 3 rings (SSSR count). The first-order chi connectivity index (χ1) is 11.0. The number of nitrogens with one attached hydrogen (secondary N) is 2. The summed E-state index contributed by atoms with van der Waals surface area (Å²) in [5, 5.41) is 5.79. The molecule has 2 aromatic rings. The second-order valence-corrected chi connectivity index (χ2v) is 6.90. The summed E-state index contributed by atoms with van der Waals surface area (Å²) in [4.78, 5) is 12.8. The van der Waals surface area contributed by atoms with Gasteiger partial charge in [-0.1, -0.05) is 0 Å². The minimum absolute atomic E-state index is 0.198. The summed E-state index contributed by atoms with van der Waals surface area (Å²) in [6.07, 6.45) is 0. The third kappa shape index (κ3) is 3.72. The number of carbonyl (C=O) groups is 1.